The van der Waals surface area contributed by atoms with Crippen LogP contribution in [-0.2, 0) is 17.9 Å². The van der Waals surface area contributed by atoms with Crippen LogP contribution in [0.4, 0.5) is 0 Å². The summed E-state index contributed by atoms with van der Waals surface area (Å²) in [6.07, 6.45) is 4.19. The lowest BCUT2D eigenvalue weighted by molar-refractivity contribution is -0.118. The number of nitrogens with two attached hydrogens (primary N) is 2. The highest BCUT2D eigenvalue weighted by molar-refractivity contribution is 5.73. The molecule has 1 amide bonds. The van der Waals surface area contributed by atoms with Crippen molar-refractivity contribution in [2.45, 2.75) is 19.5 Å². The van der Waals surface area contributed by atoms with Crippen LogP contribution >= 0.6 is 0 Å². The van der Waals surface area contributed by atoms with E-state index in [1.165, 1.54) is 0 Å². The molecule has 0 bridgehead atoms. The fourth-order valence-electron chi connectivity index (χ4n) is 0.990. The number of aryl methyl sites for hydroxylation is 1. The Bertz CT molecular complexity index is 267. The third-order valence-electron chi connectivity index (χ3n) is 1.66. The molecule has 0 fully saturated rings. The summed E-state index contributed by atoms with van der Waals surface area (Å²) in [5.74, 6) is -0.280. The maximum atomic E-state index is 10.4. The largest absolute Gasteiger partial charge is 0.370 e. The molecule has 0 saturated heterocycles. The van der Waals surface area contributed by atoms with Crippen molar-refractivity contribution < 1.29 is 4.79 Å². The van der Waals surface area contributed by atoms with Gasteiger partial charge in [0.1, 0.15) is 0 Å². The van der Waals surface area contributed by atoms with E-state index in [2.05, 4.69) is 0 Å². The zero-order chi connectivity index (χ0) is 8.97. The van der Waals surface area contributed by atoms with Crippen LogP contribution in [0.3, 0.4) is 0 Å². The molecule has 1 aromatic heterocycles. The predicted molar refractivity (Wildman–Crippen MR) is 46.1 cm³/mol. The Balaban J connectivity index is 2.47. The highest BCUT2D eigenvalue weighted by Crippen LogP contribution is 2.00. The van der Waals surface area contributed by atoms with Crippen LogP contribution in [0.5, 0.6) is 0 Å². The normalized spacial score (nSPS) is 10.1. The van der Waals surface area contributed by atoms with E-state index in [0.717, 1.165) is 5.56 Å². The van der Waals surface area contributed by atoms with Gasteiger partial charge < -0.3 is 16.0 Å². The van der Waals surface area contributed by atoms with Crippen LogP contribution in [0.1, 0.15) is 12.0 Å². The maximum absolute atomic E-state index is 10.4. The zero-order valence-electron chi connectivity index (χ0n) is 6.86. The van der Waals surface area contributed by atoms with E-state index >= 15 is 0 Å². The minimum Gasteiger partial charge on any atom is -0.370 e. The molecule has 0 spiro atoms. The Morgan fingerprint density at radius 3 is 2.83 bits per heavy atom. The van der Waals surface area contributed by atoms with Gasteiger partial charge >= 0.3 is 0 Å². The average molecular weight is 167 g/mol. The summed E-state index contributed by atoms with van der Waals surface area (Å²) >= 11 is 0. The quantitative estimate of drug-likeness (QED) is 0.653. The highest BCUT2D eigenvalue weighted by atomic mass is 16.1. The number of rotatable bonds is 4. The topological polar surface area (TPSA) is 74.0 Å². The number of amides is 1. The van der Waals surface area contributed by atoms with Crippen molar-refractivity contribution in [2.24, 2.45) is 11.5 Å². The van der Waals surface area contributed by atoms with Gasteiger partial charge in [-0.05, 0) is 11.6 Å². The van der Waals surface area contributed by atoms with E-state index in [4.69, 9.17) is 11.5 Å². The van der Waals surface area contributed by atoms with Crippen LogP contribution < -0.4 is 11.5 Å². The van der Waals surface area contributed by atoms with Gasteiger partial charge in [0.2, 0.25) is 5.91 Å². The van der Waals surface area contributed by atoms with Crippen LogP contribution in [-0.4, -0.2) is 10.5 Å². The molecule has 0 atom stereocenters. The molecule has 0 aliphatic carbocycles. The maximum Gasteiger partial charge on any atom is 0.219 e. The standard InChI is InChI=1S/C8H13N3O/c9-5-7-1-3-11(6-7)4-2-8(10)12/h1,3,6H,2,4-5,9H2,(H2,10,12). The third kappa shape index (κ3) is 2.39. The molecule has 4 heteroatoms. The fourth-order valence-corrected chi connectivity index (χ4v) is 0.990. The second-order valence-electron chi connectivity index (χ2n) is 2.68. The number of carbonyl (C=O) groups is 1. The van der Waals surface area contributed by atoms with Crippen molar-refractivity contribution in [3.05, 3.63) is 24.0 Å². The van der Waals surface area contributed by atoms with E-state index < -0.39 is 0 Å². The van der Waals surface area contributed by atoms with E-state index in [1.807, 2.05) is 23.0 Å². The molecular weight excluding hydrogens is 154 g/mol. The molecule has 0 saturated carbocycles. The van der Waals surface area contributed by atoms with Crippen LogP contribution in [0.15, 0.2) is 18.5 Å². The first-order valence-corrected chi connectivity index (χ1v) is 3.85. The SMILES string of the molecule is NCc1ccn(CCC(N)=O)c1. The molecule has 1 rings (SSSR count). The molecule has 0 aromatic carbocycles. The predicted octanol–water partition coefficient (Wildman–Crippen LogP) is -0.178. The first kappa shape index (κ1) is 8.80. The van der Waals surface area contributed by atoms with Gasteiger partial charge in [0.15, 0.2) is 0 Å². The Morgan fingerprint density at radius 1 is 1.58 bits per heavy atom. The molecule has 66 valence electrons. The lowest BCUT2D eigenvalue weighted by Gasteiger charge is -1.98. The number of hydrogen-bond acceptors (Lipinski definition) is 2. The van der Waals surface area contributed by atoms with Crippen molar-refractivity contribution in [2.75, 3.05) is 0 Å². The van der Waals surface area contributed by atoms with Gasteiger partial charge in [-0.3, -0.25) is 4.79 Å². The molecule has 0 aliphatic heterocycles. The van der Waals surface area contributed by atoms with E-state index in [1.54, 1.807) is 0 Å². The number of primary amides is 1. The van der Waals surface area contributed by atoms with E-state index in [0.29, 0.717) is 19.5 Å². The fraction of sp³-hybridized carbons (Fsp3) is 0.375. The number of carbonyl (C=O) groups excluding carboxylic acids is 1. The first-order valence-electron chi connectivity index (χ1n) is 3.85. The van der Waals surface area contributed by atoms with Gasteiger partial charge in [-0.1, -0.05) is 0 Å². The van der Waals surface area contributed by atoms with Crippen LogP contribution in [0.25, 0.3) is 0 Å². The summed E-state index contributed by atoms with van der Waals surface area (Å²) in [6.45, 7) is 1.17. The zero-order valence-corrected chi connectivity index (χ0v) is 6.86. The van der Waals surface area contributed by atoms with E-state index in [9.17, 15) is 4.79 Å². The summed E-state index contributed by atoms with van der Waals surface area (Å²) in [7, 11) is 0. The highest BCUT2D eigenvalue weighted by Gasteiger charge is 1.96. The lowest BCUT2D eigenvalue weighted by Crippen LogP contribution is -2.13. The number of hydrogen-bond donors (Lipinski definition) is 2. The molecule has 12 heavy (non-hydrogen) atoms. The van der Waals surface area contributed by atoms with Crippen LogP contribution in [0.2, 0.25) is 0 Å². The second kappa shape index (κ2) is 3.92. The Hall–Kier alpha value is -1.29. The molecule has 4 nitrogen and oxygen atoms in total. The lowest BCUT2D eigenvalue weighted by atomic mass is 10.3. The monoisotopic (exact) mass is 167 g/mol. The number of aromatic nitrogens is 1. The molecule has 0 unspecified atom stereocenters. The average Bonchev–Trinajstić information content (AvgIpc) is 2.48. The van der Waals surface area contributed by atoms with Crippen molar-refractivity contribution in [3.63, 3.8) is 0 Å². The number of nitrogens with zero attached hydrogens (tertiary/aromatic N) is 1. The van der Waals surface area contributed by atoms with Crippen molar-refractivity contribution >= 4 is 5.91 Å². The summed E-state index contributed by atoms with van der Waals surface area (Å²) in [5, 5.41) is 0. The summed E-state index contributed by atoms with van der Waals surface area (Å²) in [4.78, 5) is 10.4. The van der Waals surface area contributed by atoms with Gasteiger partial charge in [-0.2, -0.15) is 0 Å². The Kier molecular flexibility index (Phi) is 2.88. The molecule has 0 radical (unpaired) electrons. The Morgan fingerprint density at radius 2 is 2.33 bits per heavy atom. The van der Waals surface area contributed by atoms with Crippen molar-refractivity contribution in [1.82, 2.24) is 4.57 Å². The minimum atomic E-state index is -0.280. The summed E-state index contributed by atoms with van der Waals surface area (Å²) < 4.78 is 1.91. The molecular formula is C8H13N3O. The molecule has 1 heterocycles. The van der Waals surface area contributed by atoms with Gasteiger partial charge in [0, 0.05) is 31.9 Å². The minimum absolute atomic E-state index is 0.280. The summed E-state index contributed by atoms with van der Waals surface area (Å²) in [5.41, 5.74) is 11.5. The first-order chi connectivity index (χ1) is 5.72. The van der Waals surface area contributed by atoms with Crippen molar-refractivity contribution in [3.8, 4) is 0 Å². The van der Waals surface area contributed by atoms with Gasteiger partial charge in [0.05, 0.1) is 0 Å². The Labute approximate surface area is 71.2 Å². The summed E-state index contributed by atoms with van der Waals surface area (Å²) in [6, 6.07) is 1.93. The molecule has 1 aromatic rings. The van der Waals surface area contributed by atoms with Gasteiger partial charge in [0.25, 0.3) is 0 Å². The van der Waals surface area contributed by atoms with Crippen molar-refractivity contribution in [1.29, 1.82) is 0 Å². The molecule has 0 aliphatic rings. The van der Waals surface area contributed by atoms with Gasteiger partial charge in [-0.25, -0.2) is 0 Å². The molecule has 4 N–H and O–H groups in total. The van der Waals surface area contributed by atoms with Crippen LogP contribution in [0, 0.1) is 0 Å². The third-order valence-corrected chi connectivity index (χ3v) is 1.66. The smallest absolute Gasteiger partial charge is 0.219 e. The van der Waals surface area contributed by atoms with E-state index in [-0.39, 0.29) is 5.91 Å². The van der Waals surface area contributed by atoms with Gasteiger partial charge in [-0.15, -0.1) is 0 Å². The second-order valence-corrected chi connectivity index (χ2v) is 2.68.